The van der Waals surface area contributed by atoms with Gasteiger partial charge in [-0.3, -0.25) is 4.68 Å². The van der Waals surface area contributed by atoms with Crippen molar-refractivity contribution in [2.24, 2.45) is 0 Å². The van der Waals surface area contributed by atoms with Crippen molar-refractivity contribution < 1.29 is 13.5 Å². The summed E-state index contributed by atoms with van der Waals surface area (Å²) in [6, 6.07) is 0. The van der Waals surface area contributed by atoms with Gasteiger partial charge in [0.05, 0.1) is 6.20 Å². The molecule has 9 heteroatoms. The maximum absolute atomic E-state index is 11.7. The van der Waals surface area contributed by atoms with E-state index < -0.39 is 10.2 Å². The molecule has 0 spiro atoms. The molecule has 104 valence electrons. The maximum Gasteiger partial charge on any atom is 0.279 e. The minimum atomic E-state index is -3.45. The number of nitrogens with zero attached hydrogens (tertiary/aromatic N) is 4. The van der Waals surface area contributed by atoms with E-state index in [2.05, 4.69) is 15.0 Å². The van der Waals surface area contributed by atoms with Crippen molar-refractivity contribution in [2.45, 2.75) is 19.4 Å². The highest BCUT2D eigenvalue weighted by molar-refractivity contribution is 7.87. The molecule has 2 N–H and O–H groups in total. The molecule has 1 aromatic heterocycles. The maximum atomic E-state index is 11.7. The second-order valence-corrected chi connectivity index (χ2v) is 5.68. The number of aromatic nitrogens is 3. The van der Waals surface area contributed by atoms with E-state index in [-0.39, 0.29) is 6.61 Å². The van der Waals surface area contributed by atoms with Crippen molar-refractivity contribution >= 4 is 10.2 Å². The molecule has 0 amide bonds. The van der Waals surface area contributed by atoms with Crippen molar-refractivity contribution in [3.8, 4) is 0 Å². The van der Waals surface area contributed by atoms with Crippen LogP contribution in [-0.2, 0) is 16.8 Å². The Bertz CT molecular complexity index is 419. The minimum Gasteiger partial charge on any atom is -0.396 e. The van der Waals surface area contributed by atoms with Gasteiger partial charge in [-0.25, -0.2) is 4.72 Å². The van der Waals surface area contributed by atoms with Crippen LogP contribution in [0.1, 0.15) is 12.8 Å². The number of aryl methyl sites for hydroxylation is 1. The number of rotatable bonds is 9. The first-order valence-electron chi connectivity index (χ1n) is 5.72. The summed E-state index contributed by atoms with van der Waals surface area (Å²) in [5, 5.41) is 16.1. The van der Waals surface area contributed by atoms with Gasteiger partial charge in [0.15, 0.2) is 0 Å². The van der Waals surface area contributed by atoms with Gasteiger partial charge in [0, 0.05) is 39.5 Å². The molecule has 0 saturated carbocycles. The molecule has 8 nitrogen and oxygen atoms in total. The molecule has 0 radical (unpaired) electrons. The summed E-state index contributed by atoms with van der Waals surface area (Å²) in [6.45, 7) is 1.23. The van der Waals surface area contributed by atoms with Gasteiger partial charge in [-0.05, 0) is 12.8 Å². The zero-order valence-electron chi connectivity index (χ0n) is 10.4. The summed E-state index contributed by atoms with van der Waals surface area (Å²) in [4.78, 5) is 0. The molecule has 0 bridgehead atoms. The van der Waals surface area contributed by atoms with Crippen LogP contribution in [0.3, 0.4) is 0 Å². The monoisotopic (exact) mass is 277 g/mol. The van der Waals surface area contributed by atoms with Crippen molar-refractivity contribution in [2.75, 3.05) is 26.7 Å². The van der Waals surface area contributed by atoms with Gasteiger partial charge in [-0.1, -0.05) is 5.21 Å². The van der Waals surface area contributed by atoms with Crippen LogP contribution < -0.4 is 4.72 Å². The van der Waals surface area contributed by atoms with Gasteiger partial charge >= 0.3 is 0 Å². The van der Waals surface area contributed by atoms with Gasteiger partial charge in [0.25, 0.3) is 10.2 Å². The average molecular weight is 277 g/mol. The van der Waals surface area contributed by atoms with Crippen molar-refractivity contribution in [3.63, 3.8) is 0 Å². The van der Waals surface area contributed by atoms with Gasteiger partial charge in [-0.15, -0.1) is 5.10 Å². The summed E-state index contributed by atoms with van der Waals surface area (Å²) < 4.78 is 28.7. The molecule has 0 aromatic carbocycles. The Morgan fingerprint density at radius 2 is 2.22 bits per heavy atom. The second-order valence-electron chi connectivity index (χ2n) is 3.82. The van der Waals surface area contributed by atoms with Gasteiger partial charge in [0.1, 0.15) is 0 Å². The molecular weight excluding hydrogens is 258 g/mol. The molecule has 0 fully saturated rings. The summed E-state index contributed by atoms with van der Waals surface area (Å²) in [5.74, 6) is 0. The topological polar surface area (TPSA) is 100 Å². The van der Waals surface area contributed by atoms with Crippen molar-refractivity contribution in [3.05, 3.63) is 12.4 Å². The van der Waals surface area contributed by atoms with E-state index in [1.165, 1.54) is 11.4 Å². The largest absolute Gasteiger partial charge is 0.396 e. The van der Waals surface area contributed by atoms with Crippen LogP contribution in [0.2, 0.25) is 0 Å². The second kappa shape index (κ2) is 7.41. The Hall–Kier alpha value is -1.03. The van der Waals surface area contributed by atoms with E-state index in [9.17, 15) is 8.42 Å². The first kappa shape index (κ1) is 15.0. The smallest absolute Gasteiger partial charge is 0.279 e. The van der Waals surface area contributed by atoms with E-state index in [0.717, 1.165) is 0 Å². The van der Waals surface area contributed by atoms with Gasteiger partial charge in [-0.2, -0.15) is 12.7 Å². The van der Waals surface area contributed by atoms with E-state index in [0.29, 0.717) is 32.5 Å². The van der Waals surface area contributed by atoms with Crippen LogP contribution in [0.4, 0.5) is 0 Å². The van der Waals surface area contributed by atoms with E-state index in [4.69, 9.17) is 5.11 Å². The van der Waals surface area contributed by atoms with Gasteiger partial charge < -0.3 is 5.11 Å². The molecule has 1 rings (SSSR count). The number of nitrogens with one attached hydrogen (secondary N) is 1. The zero-order valence-corrected chi connectivity index (χ0v) is 11.2. The summed E-state index contributed by atoms with van der Waals surface area (Å²) in [7, 11) is -1.97. The quantitative estimate of drug-likeness (QED) is 0.553. The third-order valence-electron chi connectivity index (χ3n) is 2.36. The molecule has 0 aliphatic heterocycles. The molecule has 0 unspecified atom stereocenters. The highest BCUT2D eigenvalue weighted by atomic mass is 32.2. The Labute approximate surface area is 107 Å². The average Bonchev–Trinajstić information content (AvgIpc) is 2.84. The highest BCUT2D eigenvalue weighted by Crippen LogP contribution is 1.96. The molecule has 0 aliphatic rings. The van der Waals surface area contributed by atoms with E-state index in [1.807, 2.05) is 0 Å². The minimum absolute atomic E-state index is 0.0217. The predicted molar refractivity (Wildman–Crippen MR) is 65.9 cm³/mol. The highest BCUT2D eigenvalue weighted by Gasteiger charge is 2.15. The fourth-order valence-electron chi connectivity index (χ4n) is 1.32. The Morgan fingerprint density at radius 1 is 1.44 bits per heavy atom. The molecule has 18 heavy (non-hydrogen) atoms. The van der Waals surface area contributed by atoms with E-state index in [1.54, 1.807) is 17.1 Å². The van der Waals surface area contributed by atoms with Crippen LogP contribution in [0.5, 0.6) is 0 Å². The molecule has 0 aliphatic carbocycles. The fraction of sp³-hybridized carbons (Fsp3) is 0.778. The van der Waals surface area contributed by atoms with Crippen LogP contribution in [-0.4, -0.2) is 59.6 Å². The number of hydrogen-bond acceptors (Lipinski definition) is 5. The van der Waals surface area contributed by atoms with Gasteiger partial charge in [0.2, 0.25) is 0 Å². The number of hydrogen-bond donors (Lipinski definition) is 2. The Morgan fingerprint density at radius 3 is 2.83 bits per heavy atom. The lowest BCUT2D eigenvalue weighted by molar-refractivity contribution is 0.275. The zero-order chi connectivity index (χ0) is 13.4. The summed E-state index contributed by atoms with van der Waals surface area (Å²) in [5.41, 5.74) is 0. The lowest BCUT2D eigenvalue weighted by atomic mass is 10.4. The number of aliphatic hydroxyl groups excluding tert-OH is 1. The van der Waals surface area contributed by atoms with Crippen molar-refractivity contribution in [1.29, 1.82) is 0 Å². The SMILES string of the molecule is CN(CCCO)S(=O)(=O)NCCCn1ccnn1. The van der Waals surface area contributed by atoms with Crippen LogP contribution >= 0.6 is 0 Å². The first-order chi connectivity index (χ1) is 8.56. The lowest BCUT2D eigenvalue weighted by Crippen LogP contribution is -2.39. The normalized spacial score (nSPS) is 12.2. The lowest BCUT2D eigenvalue weighted by Gasteiger charge is -2.16. The fourth-order valence-corrected chi connectivity index (χ4v) is 2.31. The van der Waals surface area contributed by atoms with Crippen LogP contribution in [0.15, 0.2) is 12.4 Å². The van der Waals surface area contributed by atoms with Crippen LogP contribution in [0.25, 0.3) is 0 Å². The summed E-state index contributed by atoms with van der Waals surface area (Å²) in [6.07, 6.45) is 4.36. The molecule has 1 heterocycles. The third kappa shape index (κ3) is 5.08. The van der Waals surface area contributed by atoms with E-state index >= 15 is 0 Å². The molecule has 0 saturated heterocycles. The third-order valence-corrected chi connectivity index (χ3v) is 3.93. The number of aliphatic hydroxyl groups is 1. The molecule has 1 aromatic rings. The Kier molecular flexibility index (Phi) is 6.19. The summed E-state index contributed by atoms with van der Waals surface area (Å²) >= 11 is 0. The predicted octanol–water partition coefficient (Wildman–Crippen LogP) is -1.18. The first-order valence-corrected chi connectivity index (χ1v) is 7.16. The molecule has 0 atom stereocenters. The van der Waals surface area contributed by atoms with Crippen LogP contribution in [0, 0.1) is 0 Å². The van der Waals surface area contributed by atoms with Crippen molar-refractivity contribution in [1.82, 2.24) is 24.0 Å². The molecular formula is C9H19N5O3S. The standard InChI is InChI=1S/C9H19N5O3S/c1-13(6-3-9-15)18(16,17)11-4-2-7-14-8-5-10-12-14/h5,8,11,15H,2-4,6-7,9H2,1H3. The Balaban J connectivity index is 2.24.